The SMILES string of the molecule is CC(C)C[C@@H](NC(=O)C1CCN(c2ccc(C(F)(F)F)cn2)CC1)c1ccccc1. The molecule has 1 aromatic heterocycles. The fraction of sp³-hybridized carbons (Fsp3) is 0.478. The first-order chi connectivity index (χ1) is 14.2. The Morgan fingerprint density at radius 2 is 1.80 bits per heavy atom. The minimum atomic E-state index is -4.39. The van der Waals surface area contributed by atoms with E-state index in [2.05, 4.69) is 24.1 Å². The number of piperidine rings is 1. The zero-order valence-corrected chi connectivity index (χ0v) is 17.3. The average Bonchev–Trinajstić information content (AvgIpc) is 2.73. The van der Waals surface area contributed by atoms with Crippen LogP contribution in [0.2, 0.25) is 0 Å². The summed E-state index contributed by atoms with van der Waals surface area (Å²) >= 11 is 0. The van der Waals surface area contributed by atoms with Crippen LogP contribution in [-0.4, -0.2) is 24.0 Å². The van der Waals surface area contributed by atoms with Crippen molar-refractivity contribution in [1.82, 2.24) is 10.3 Å². The van der Waals surface area contributed by atoms with Crippen LogP contribution in [0.1, 0.15) is 50.3 Å². The number of halogens is 3. The number of hydrogen-bond acceptors (Lipinski definition) is 3. The van der Waals surface area contributed by atoms with Gasteiger partial charge in [0.2, 0.25) is 5.91 Å². The second kappa shape index (κ2) is 9.49. The van der Waals surface area contributed by atoms with Crippen molar-refractivity contribution in [2.75, 3.05) is 18.0 Å². The number of hydrogen-bond donors (Lipinski definition) is 1. The van der Waals surface area contributed by atoms with Gasteiger partial charge in [0.25, 0.3) is 0 Å². The number of aromatic nitrogens is 1. The molecule has 1 amide bonds. The van der Waals surface area contributed by atoms with Crippen LogP contribution in [0.15, 0.2) is 48.7 Å². The van der Waals surface area contributed by atoms with Crippen LogP contribution < -0.4 is 10.2 Å². The summed E-state index contributed by atoms with van der Waals surface area (Å²) in [6.45, 7) is 5.46. The lowest BCUT2D eigenvalue weighted by molar-refractivity contribution is -0.137. The molecule has 3 rings (SSSR count). The van der Waals surface area contributed by atoms with Crippen molar-refractivity contribution < 1.29 is 18.0 Å². The number of amides is 1. The van der Waals surface area contributed by atoms with Crippen LogP contribution >= 0.6 is 0 Å². The van der Waals surface area contributed by atoms with Crippen LogP contribution in [0, 0.1) is 11.8 Å². The van der Waals surface area contributed by atoms with Crippen molar-refractivity contribution in [2.24, 2.45) is 11.8 Å². The smallest absolute Gasteiger partial charge is 0.357 e. The van der Waals surface area contributed by atoms with Crippen molar-refractivity contribution >= 4 is 11.7 Å². The number of carbonyl (C=O) groups is 1. The molecule has 1 fully saturated rings. The number of anilines is 1. The second-order valence-corrected chi connectivity index (χ2v) is 8.27. The summed E-state index contributed by atoms with van der Waals surface area (Å²) < 4.78 is 38.1. The summed E-state index contributed by atoms with van der Waals surface area (Å²) in [6, 6.07) is 12.4. The maximum atomic E-state index is 12.9. The van der Waals surface area contributed by atoms with Gasteiger partial charge in [-0.05, 0) is 42.9 Å². The Bertz CT molecular complexity index is 814. The van der Waals surface area contributed by atoms with E-state index in [0.29, 0.717) is 37.7 Å². The molecule has 30 heavy (non-hydrogen) atoms. The highest BCUT2D eigenvalue weighted by Gasteiger charge is 2.32. The lowest BCUT2D eigenvalue weighted by Gasteiger charge is -2.33. The molecule has 0 aliphatic carbocycles. The first-order valence-electron chi connectivity index (χ1n) is 10.4. The number of rotatable bonds is 6. The highest BCUT2D eigenvalue weighted by atomic mass is 19.4. The first-order valence-corrected chi connectivity index (χ1v) is 10.4. The zero-order valence-electron chi connectivity index (χ0n) is 17.3. The standard InChI is InChI=1S/C23H28F3N3O/c1-16(2)14-20(17-6-4-3-5-7-17)28-22(30)18-10-12-29(13-11-18)21-9-8-19(15-27-21)23(24,25)26/h3-9,15-16,18,20H,10-14H2,1-2H3,(H,28,30)/t20-/m1/s1. The molecule has 7 heteroatoms. The van der Waals surface area contributed by atoms with Crippen LogP contribution in [0.5, 0.6) is 0 Å². The molecule has 0 radical (unpaired) electrons. The Balaban J connectivity index is 1.58. The second-order valence-electron chi connectivity index (χ2n) is 8.27. The molecule has 0 spiro atoms. The summed E-state index contributed by atoms with van der Waals surface area (Å²) in [6.07, 6.45) is -1.36. The van der Waals surface area contributed by atoms with Crippen LogP contribution in [0.25, 0.3) is 0 Å². The topological polar surface area (TPSA) is 45.2 Å². The van der Waals surface area contributed by atoms with Gasteiger partial charge >= 0.3 is 6.18 Å². The number of pyridine rings is 1. The fourth-order valence-corrected chi connectivity index (χ4v) is 3.84. The highest BCUT2D eigenvalue weighted by molar-refractivity contribution is 5.79. The van der Waals surface area contributed by atoms with Gasteiger partial charge in [-0.15, -0.1) is 0 Å². The van der Waals surface area contributed by atoms with Crippen LogP contribution in [0.4, 0.5) is 19.0 Å². The van der Waals surface area contributed by atoms with Gasteiger partial charge in [0.15, 0.2) is 0 Å². The molecule has 1 atom stereocenters. The van der Waals surface area contributed by atoms with Gasteiger partial charge in [0, 0.05) is 25.2 Å². The van der Waals surface area contributed by atoms with Crippen molar-refractivity contribution in [3.8, 4) is 0 Å². The molecular formula is C23H28F3N3O. The number of alkyl halides is 3. The van der Waals surface area contributed by atoms with E-state index in [1.807, 2.05) is 35.2 Å². The van der Waals surface area contributed by atoms with Crippen LogP contribution in [-0.2, 0) is 11.0 Å². The van der Waals surface area contributed by atoms with Gasteiger partial charge in [0.1, 0.15) is 5.82 Å². The van der Waals surface area contributed by atoms with Crippen molar-refractivity contribution in [3.05, 3.63) is 59.8 Å². The minimum absolute atomic E-state index is 0.0201. The van der Waals surface area contributed by atoms with E-state index in [1.54, 1.807) is 0 Å². The predicted molar refractivity (Wildman–Crippen MR) is 111 cm³/mol. The molecule has 0 bridgehead atoms. The third-order valence-corrected chi connectivity index (χ3v) is 5.49. The van der Waals surface area contributed by atoms with E-state index < -0.39 is 11.7 Å². The normalized spacial score (nSPS) is 16.5. The molecule has 2 heterocycles. The Kier molecular flexibility index (Phi) is 7.00. The van der Waals surface area contributed by atoms with E-state index in [0.717, 1.165) is 24.2 Å². The summed E-state index contributed by atoms with van der Waals surface area (Å²) in [4.78, 5) is 18.8. The van der Waals surface area contributed by atoms with Gasteiger partial charge in [0.05, 0.1) is 11.6 Å². The molecule has 0 saturated carbocycles. The van der Waals surface area contributed by atoms with Crippen molar-refractivity contribution in [3.63, 3.8) is 0 Å². The van der Waals surface area contributed by atoms with E-state index >= 15 is 0 Å². The molecule has 1 aliphatic heterocycles. The molecule has 0 unspecified atom stereocenters. The van der Waals surface area contributed by atoms with E-state index in [9.17, 15) is 18.0 Å². The maximum Gasteiger partial charge on any atom is 0.417 e. The van der Waals surface area contributed by atoms with Crippen molar-refractivity contribution in [1.29, 1.82) is 0 Å². The number of benzene rings is 1. The summed E-state index contributed by atoms with van der Waals surface area (Å²) in [5.41, 5.74) is 0.351. The van der Waals surface area contributed by atoms with E-state index in [4.69, 9.17) is 0 Å². The molecule has 1 aromatic carbocycles. The maximum absolute atomic E-state index is 12.9. The van der Waals surface area contributed by atoms with Crippen LogP contribution in [0.3, 0.4) is 0 Å². The minimum Gasteiger partial charge on any atom is -0.357 e. The molecule has 1 saturated heterocycles. The fourth-order valence-electron chi connectivity index (χ4n) is 3.84. The third-order valence-electron chi connectivity index (χ3n) is 5.49. The van der Waals surface area contributed by atoms with E-state index in [-0.39, 0.29) is 17.9 Å². The number of carbonyl (C=O) groups excluding carboxylic acids is 1. The Morgan fingerprint density at radius 1 is 1.13 bits per heavy atom. The average molecular weight is 419 g/mol. The zero-order chi connectivity index (χ0) is 21.7. The monoisotopic (exact) mass is 419 g/mol. The Labute approximate surface area is 175 Å². The Hall–Kier alpha value is -2.57. The van der Waals surface area contributed by atoms with Crippen molar-refractivity contribution in [2.45, 2.75) is 45.3 Å². The third kappa shape index (κ3) is 5.74. The number of nitrogens with zero attached hydrogens (tertiary/aromatic N) is 2. The van der Waals surface area contributed by atoms with Gasteiger partial charge < -0.3 is 10.2 Å². The molecule has 1 N–H and O–H groups in total. The molecular weight excluding hydrogens is 391 g/mol. The summed E-state index contributed by atoms with van der Waals surface area (Å²) in [5.74, 6) is 0.908. The summed E-state index contributed by atoms with van der Waals surface area (Å²) in [5, 5.41) is 3.21. The molecule has 4 nitrogen and oxygen atoms in total. The quantitative estimate of drug-likeness (QED) is 0.698. The predicted octanol–water partition coefficient (Wildman–Crippen LogP) is 5.22. The molecule has 1 aliphatic rings. The van der Waals surface area contributed by atoms with Gasteiger partial charge in [-0.3, -0.25) is 4.79 Å². The van der Waals surface area contributed by atoms with Gasteiger partial charge in [-0.1, -0.05) is 44.2 Å². The lowest BCUT2D eigenvalue weighted by Crippen LogP contribution is -2.42. The number of nitrogens with one attached hydrogen (secondary N) is 1. The van der Waals surface area contributed by atoms with Gasteiger partial charge in [-0.2, -0.15) is 13.2 Å². The lowest BCUT2D eigenvalue weighted by atomic mass is 9.93. The summed E-state index contributed by atoms with van der Waals surface area (Å²) in [7, 11) is 0. The first kappa shape index (κ1) is 22.1. The Morgan fingerprint density at radius 3 is 2.33 bits per heavy atom. The largest absolute Gasteiger partial charge is 0.417 e. The molecule has 2 aromatic rings. The van der Waals surface area contributed by atoms with Gasteiger partial charge in [-0.25, -0.2) is 4.98 Å². The van der Waals surface area contributed by atoms with E-state index in [1.165, 1.54) is 6.07 Å². The molecule has 162 valence electrons. The highest BCUT2D eigenvalue weighted by Crippen LogP contribution is 2.30.